The minimum Gasteiger partial charge on any atom is -0.374 e. The first kappa shape index (κ1) is 15.4. The number of nitrogens with zero attached hydrogens (tertiary/aromatic N) is 1. The van der Waals surface area contributed by atoms with Gasteiger partial charge < -0.3 is 15.4 Å². The summed E-state index contributed by atoms with van der Waals surface area (Å²) in [4.78, 5) is 13.9. The maximum absolute atomic E-state index is 12.1. The Morgan fingerprint density at radius 2 is 2.44 bits per heavy atom. The summed E-state index contributed by atoms with van der Waals surface area (Å²) in [7, 11) is 0. The zero-order valence-corrected chi connectivity index (χ0v) is 11.8. The molecule has 1 saturated heterocycles. The minimum atomic E-state index is 0. The summed E-state index contributed by atoms with van der Waals surface area (Å²) in [6.45, 7) is 2.61. The van der Waals surface area contributed by atoms with Gasteiger partial charge in [-0.15, -0.1) is 12.4 Å². The maximum atomic E-state index is 12.1. The number of ether oxygens (including phenoxy) is 1. The molecule has 1 atom stereocenters. The second kappa shape index (κ2) is 7.74. The lowest BCUT2D eigenvalue weighted by molar-refractivity contribution is -0.138. The topological polar surface area (TPSA) is 55.6 Å². The van der Waals surface area contributed by atoms with Gasteiger partial charge >= 0.3 is 0 Å². The summed E-state index contributed by atoms with van der Waals surface area (Å²) in [5, 5.41) is 4.02. The molecule has 0 bridgehead atoms. The molecule has 2 N–H and O–H groups in total. The van der Waals surface area contributed by atoms with E-state index in [4.69, 9.17) is 10.5 Å². The zero-order valence-electron chi connectivity index (χ0n) is 10.2. The molecule has 6 heteroatoms. The van der Waals surface area contributed by atoms with Crippen LogP contribution >= 0.6 is 23.7 Å². The van der Waals surface area contributed by atoms with Gasteiger partial charge in [-0.2, -0.15) is 11.3 Å². The third kappa shape index (κ3) is 4.24. The first-order valence-corrected chi connectivity index (χ1v) is 6.84. The SMILES string of the molecule is Cl.NCCC1CN(C(=O)Cc2ccsc2)CCO1. The van der Waals surface area contributed by atoms with E-state index in [1.54, 1.807) is 11.3 Å². The Morgan fingerprint density at radius 1 is 1.61 bits per heavy atom. The van der Waals surface area contributed by atoms with Crippen LogP contribution in [0.5, 0.6) is 0 Å². The molecule has 2 heterocycles. The molecule has 1 aliphatic heterocycles. The molecule has 2 rings (SSSR count). The summed E-state index contributed by atoms with van der Waals surface area (Å²) >= 11 is 1.62. The largest absolute Gasteiger partial charge is 0.374 e. The van der Waals surface area contributed by atoms with Crippen molar-refractivity contribution in [2.45, 2.75) is 18.9 Å². The zero-order chi connectivity index (χ0) is 12.1. The van der Waals surface area contributed by atoms with Crippen molar-refractivity contribution in [2.24, 2.45) is 5.73 Å². The summed E-state index contributed by atoms with van der Waals surface area (Å²) in [6.07, 6.45) is 1.43. The monoisotopic (exact) mass is 290 g/mol. The molecular formula is C12H19ClN2O2S. The third-order valence-corrected chi connectivity index (χ3v) is 3.65. The van der Waals surface area contributed by atoms with Crippen LogP contribution in [0.3, 0.4) is 0 Å². The highest BCUT2D eigenvalue weighted by atomic mass is 35.5. The number of carbonyl (C=O) groups is 1. The Labute approximate surface area is 118 Å². The second-order valence-corrected chi connectivity index (χ2v) is 5.00. The Morgan fingerprint density at radius 3 is 3.11 bits per heavy atom. The summed E-state index contributed by atoms with van der Waals surface area (Å²) in [6, 6.07) is 2.00. The molecule has 0 aromatic carbocycles. The quantitative estimate of drug-likeness (QED) is 0.909. The van der Waals surface area contributed by atoms with E-state index in [2.05, 4.69) is 0 Å². The lowest BCUT2D eigenvalue weighted by Gasteiger charge is -2.32. The highest BCUT2D eigenvalue weighted by molar-refractivity contribution is 7.07. The van der Waals surface area contributed by atoms with Gasteiger partial charge in [0.1, 0.15) is 0 Å². The number of halogens is 1. The van der Waals surface area contributed by atoms with Crippen molar-refractivity contribution >= 4 is 29.7 Å². The van der Waals surface area contributed by atoms with Gasteiger partial charge in [-0.1, -0.05) is 0 Å². The van der Waals surface area contributed by atoms with Crippen LogP contribution in [0.25, 0.3) is 0 Å². The molecule has 1 amide bonds. The van der Waals surface area contributed by atoms with Crippen LogP contribution in [0.4, 0.5) is 0 Å². The van der Waals surface area contributed by atoms with Crippen LogP contribution in [0.1, 0.15) is 12.0 Å². The molecule has 4 nitrogen and oxygen atoms in total. The lowest BCUT2D eigenvalue weighted by atomic mass is 10.1. The molecule has 0 radical (unpaired) electrons. The van der Waals surface area contributed by atoms with Crippen LogP contribution in [-0.2, 0) is 16.0 Å². The highest BCUT2D eigenvalue weighted by Gasteiger charge is 2.23. The molecule has 102 valence electrons. The fourth-order valence-corrected chi connectivity index (χ4v) is 2.65. The number of hydrogen-bond donors (Lipinski definition) is 1. The van der Waals surface area contributed by atoms with E-state index in [9.17, 15) is 4.79 Å². The van der Waals surface area contributed by atoms with E-state index in [0.29, 0.717) is 32.7 Å². The van der Waals surface area contributed by atoms with Gasteiger partial charge in [0.2, 0.25) is 5.91 Å². The summed E-state index contributed by atoms with van der Waals surface area (Å²) < 4.78 is 5.56. The Balaban J connectivity index is 0.00000162. The molecule has 0 spiro atoms. The van der Waals surface area contributed by atoms with Crippen LogP contribution in [0, 0.1) is 0 Å². The number of amides is 1. The van der Waals surface area contributed by atoms with Crippen molar-refractivity contribution in [3.63, 3.8) is 0 Å². The van der Waals surface area contributed by atoms with Crippen molar-refractivity contribution in [2.75, 3.05) is 26.2 Å². The van der Waals surface area contributed by atoms with Gasteiger partial charge in [0.15, 0.2) is 0 Å². The van der Waals surface area contributed by atoms with Crippen molar-refractivity contribution in [3.8, 4) is 0 Å². The maximum Gasteiger partial charge on any atom is 0.227 e. The first-order chi connectivity index (χ1) is 8.29. The molecule has 0 saturated carbocycles. The van der Waals surface area contributed by atoms with Gasteiger partial charge in [0, 0.05) is 13.1 Å². The molecule has 1 aliphatic rings. The van der Waals surface area contributed by atoms with Crippen molar-refractivity contribution in [3.05, 3.63) is 22.4 Å². The molecule has 1 aromatic heterocycles. The summed E-state index contributed by atoms with van der Waals surface area (Å²) in [5.41, 5.74) is 6.61. The fraction of sp³-hybridized carbons (Fsp3) is 0.583. The lowest BCUT2D eigenvalue weighted by Crippen LogP contribution is -2.46. The number of carbonyl (C=O) groups excluding carboxylic acids is 1. The van der Waals surface area contributed by atoms with Crippen molar-refractivity contribution in [1.29, 1.82) is 0 Å². The molecule has 18 heavy (non-hydrogen) atoms. The number of rotatable bonds is 4. The van der Waals surface area contributed by atoms with Gasteiger partial charge in [-0.3, -0.25) is 4.79 Å². The van der Waals surface area contributed by atoms with E-state index in [-0.39, 0.29) is 24.4 Å². The van der Waals surface area contributed by atoms with Crippen molar-refractivity contribution < 1.29 is 9.53 Å². The second-order valence-electron chi connectivity index (χ2n) is 4.22. The minimum absolute atomic E-state index is 0. The highest BCUT2D eigenvalue weighted by Crippen LogP contribution is 2.12. The third-order valence-electron chi connectivity index (χ3n) is 2.92. The van der Waals surface area contributed by atoms with E-state index in [0.717, 1.165) is 12.0 Å². The molecule has 0 aliphatic carbocycles. The van der Waals surface area contributed by atoms with Gasteiger partial charge in [0.05, 0.1) is 19.1 Å². The van der Waals surface area contributed by atoms with Crippen molar-refractivity contribution in [1.82, 2.24) is 4.90 Å². The normalized spacial score (nSPS) is 19.4. The Bertz CT molecular complexity index is 357. The smallest absolute Gasteiger partial charge is 0.227 e. The molecular weight excluding hydrogens is 272 g/mol. The predicted octanol–water partition coefficient (Wildman–Crippen LogP) is 1.29. The Hall–Kier alpha value is -0.620. The van der Waals surface area contributed by atoms with E-state index in [1.165, 1.54) is 0 Å². The molecule has 1 fully saturated rings. The van der Waals surface area contributed by atoms with Crippen LogP contribution in [0.2, 0.25) is 0 Å². The number of nitrogens with two attached hydrogens (primary N) is 1. The van der Waals surface area contributed by atoms with Crippen LogP contribution in [-0.4, -0.2) is 43.2 Å². The fourth-order valence-electron chi connectivity index (χ4n) is 1.99. The number of thiophene rings is 1. The van der Waals surface area contributed by atoms with Crippen LogP contribution in [0.15, 0.2) is 16.8 Å². The molecule has 1 aromatic rings. The van der Waals surface area contributed by atoms with Gasteiger partial charge in [-0.25, -0.2) is 0 Å². The van der Waals surface area contributed by atoms with E-state index in [1.807, 2.05) is 21.7 Å². The van der Waals surface area contributed by atoms with E-state index < -0.39 is 0 Å². The first-order valence-electron chi connectivity index (χ1n) is 5.90. The predicted molar refractivity (Wildman–Crippen MR) is 75.3 cm³/mol. The van der Waals surface area contributed by atoms with Gasteiger partial charge in [-0.05, 0) is 35.4 Å². The van der Waals surface area contributed by atoms with Crippen LogP contribution < -0.4 is 5.73 Å². The summed E-state index contributed by atoms with van der Waals surface area (Å²) in [5.74, 6) is 0.189. The van der Waals surface area contributed by atoms with E-state index >= 15 is 0 Å². The van der Waals surface area contributed by atoms with Gasteiger partial charge in [0.25, 0.3) is 0 Å². The molecule has 1 unspecified atom stereocenters. The standard InChI is InChI=1S/C12H18N2O2S.ClH/c13-3-1-11-8-14(4-5-16-11)12(15)7-10-2-6-17-9-10;/h2,6,9,11H,1,3-5,7-8,13H2;1H. The average molecular weight is 291 g/mol. The number of morpholine rings is 1. The number of hydrogen-bond acceptors (Lipinski definition) is 4. The average Bonchev–Trinajstić information content (AvgIpc) is 2.83. The Kier molecular flexibility index (Phi) is 6.63.